The van der Waals surface area contributed by atoms with Gasteiger partial charge in [-0.15, -0.1) is 0 Å². The average molecular weight is 276 g/mol. The second-order valence-corrected chi connectivity index (χ2v) is 5.27. The van der Waals surface area contributed by atoms with Crippen molar-refractivity contribution in [1.82, 2.24) is 5.32 Å². The van der Waals surface area contributed by atoms with Crippen LogP contribution in [0, 0.1) is 5.92 Å². The molecule has 20 heavy (non-hydrogen) atoms. The van der Waals surface area contributed by atoms with E-state index in [4.69, 9.17) is 4.74 Å². The maximum Gasteiger partial charge on any atom is 0.328 e. The monoisotopic (exact) mass is 276 g/mol. The summed E-state index contributed by atoms with van der Waals surface area (Å²) in [4.78, 5) is 23.9. The highest BCUT2D eigenvalue weighted by Crippen LogP contribution is 2.23. The molecule has 1 aliphatic heterocycles. The molecule has 1 amide bonds. The van der Waals surface area contributed by atoms with Crippen molar-refractivity contribution >= 4 is 17.6 Å². The summed E-state index contributed by atoms with van der Waals surface area (Å²) in [5, 5.41) is 5.97. The number of rotatable bonds is 4. The van der Waals surface area contributed by atoms with Crippen LogP contribution in [0.4, 0.5) is 5.69 Å². The van der Waals surface area contributed by atoms with Crippen LogP contribution in [0.25, 0.3) is 0 Å². The van der Waals surface area contributed by atoms with Gasteiger partial charge in [-0.2, -0.15) is 0 Å². The number of hydrogen-bond donors (Lipinski definition) is 2. The fourth-order valence-corrected chi connectivity index (χ4v) is 2.28. The number of hydrogen-bond acceptors (Lipinski definition) is 4. The summed E-state index contributed by atoms with van der Waals surface area (Å²) in [6, 6.07) is 4.93. The lowest BCUT2D eigenvalue weighted by atomic mass is 10.0. The van der Waals surface area contributed by atoms with Crippen molar-refractivity contribution in [2.75, 3.05) is 19.0 Å². The Morgan fingerprint density at radius 2 is 2.10 bits per heavy atom. The van der Waals surface area contributed by atoms with Crippen molar-refractivity contribution in [2.45, 2.75) is 26.3 Å². The highest BCUT2D eigenvalue weighted by atomic mass is 16.5. The molecule has 1 aliphatic rings. The largest absolute Gasteiger partial charge is 0.467 e. The molecule has 5 heteroatoms. The Hall–Kier alpha value is -2.04. The van der Waals surface area contributed by atoms with Crippen molar-refractivity contribution < 1.29 is 14.3 Å². The van der Waals surface area contributed by atoms with Gasteiger partial charge >= 0.3 is 5.97 Å². The number of carbonyl (C=O) groups is 2. The van der Waals surface area contributed by atoms with Gasteiger partial charge in [0.2, 0.25) is 0 Å². The van der Waals surface area contributed by atoms with E-state index in [0.717, 1.165) is 18.7 Å². The second kappa shape index (κ2) is 5.94. The van der Waals surface area contributed by atoms with Crippen LogP contribution in [0.2, 0.25) is 0 Å². The van der Waals surface area contributed by atoms with E-state index in [1.54, 1.807) is 6.07 Å². The Balaban J connectivity index is 2.12. The van der Waals surface area contributed by atoms with Gasteiger partial charge < -0.3 is 15.4 Å². The standard InChI is InChI=1S/C15H20N2O3/c1-9(2)13(15(19)20-3)17-14(18)11-5-4-10-6-7-16-12(10)8-11/h4-5,8-9,13,16H,6-7H2,1-3H3,(H,17,18). The Kier molecular flexibility index (Phi) is 4.27. The van der Waals surface area contributed by atoms with Crippen LogP contribution in [0.1, 0.15) is 29.8 Å². The van der Waals surface area contributed by atoms with Crippen LogP contribution < -0.4 is 10.6 Å². The average Bonchev–Trinajstić information content (AvgIpc) is 2.90. The zero-order chi connectivity index (χ0) is 14.7. The number of methoxy groups -OCH3 is 1. The van der Waals surface area contributed by atoms with Crippen molar-refractivity contribution in [1.29, 1.82) is 0 Å². The first-order chi connectivity index (χ1) is 9.52. The lowest BCUT2D eigenvalue weighted by Gasteiger charge is -2.20. The molecule has 5 nitrogen and oxygen atoms in total. The molecule has 2 rings (SSSR count). The molecule has 0 saturated heterocycles. The van der Waals surface area contributed by atoms with Crippen molar-refractivity contribution in [3.8, 4) is 0 Å². The Morgan fingerprint density at radius 1 is 1.35 bits per heavy atom. The molecule has 0 fully saturated rings. The SMILES string of the molecule is COC(=O)C(NC(=O)c1ccc2c(c1)NCC2)C(C)C. The smallest absolute Gasteiger partial charge is 0.328 e. The van der Waals surface area contributed by atoms with E-state index < -0.39 is 12.0 Å². The van der Waals surface area contributed by atoms with Gasteiger partial charge in [-0.3, -0.25) is 4.79 Å². The number of nitrogens with one attached hydrogen (secondary N) is 2. The van der Waals surface area contributed by atoms with E-state index in [1.165, 1.54) is 12.7 Å². The molecule has 0 spiro atoms. The number of fused-ring (bicyclic) bond motifs is 1. The Bertz CT molecular complexity index is 526. The highest BCUT2D eigenvalue weighted by molar-refractivity contribution is 5.97. The lowest BCUT2D eigenvalue weighted by molar-refractivity contribution is -0.144. The number of amides is 1. The third kappa shape index (κ3) is 2.92. The summed E-state index contributed by atoms with van der Waals surface area (Å²) in [5.74, 6) is -0.711. The minimum atomic E-state index is -0.631. The number of benzene rings is 1. The van der Waals surface area contributed by atoms with Crippen LogP contribution in [0.5, 0.6) is 0 Å². The first-order valence-electron chi connectivity index (χ1n) is 6.78. The molecule has 1 heterocycles. The molecular formula is C15H20N2O3. The number of ether oxygens (including phenoxy) is 1. The minimum Gasteiger partial charge on any atom is -0.467 e. The molecule has 1 atom stereocenters. The molecule has 1 aromatic rings. The van der Waals surface area contributed by atoms with Gasteiger partial charge in [-0.05, 0) is 30.0 Å². The van der Waals surface area contributed by atoms with Crippen molar-refractivity contribution in [3.05, 3.63) is 29.3 Å². The van der Waals surface area contributed by atoms with Gasteiger partial charge in [0.05, 0.1) is 7.11 Å². The molecule has 1 aromatic carbocycles. The highest BCUT2D eigenvalue weighted by Gasteiger charge is 2.25. The summed E-state index contributed by atoms with van der Waals surface area (Å²) in [6.07, 6.45) is 0.980. The third-order valence-corrected chi connectivity index (χ3v) is 3.49. The first-order valence-corrected chi connectivity index (χ1v) is 6.78. The molecule has 0 bridgehead atoms. The van der Waals surface area contributed by atoms with E-state index in [0.29, 0.717) is 5.56 Å². The summed E-state index contributed by atoms with van der Waals surface area (Å²) in [7, 11) is 1.32. The van der Waals surface area contributed by atoms with E-state index in [1.807, 2.05) is 26.0 Å². The predicted molar refractivity (Wildman–Crippen MR) is 76.7 cm³/mol. The van der Waals surface area contributed by atoms with Crippen molar-refractivity contribution in [3.63, 3.8) is 0 Å². The molecule has 0 aliphatic carbocycles. The summed E-state index contributed by atoms with van der Waals surface area (Å²) in [6.45, 7) is 4.63. The third-order valence-electron chi connectivity index (χ3n) is 3.49. The van der Waals surface area contributed by atoms with Gasteiger partial charge in [-0.1, -0.05) is 19.9 Å². The van der Waals surface area contributed by atoms with Gasteiger partial charge in [-0.25, -0.2) is 4.79 Å². The van der Waals surface area contributed by atoms with Gasteiger partial charge in [0.15, 0.2) is 0 Å². The zero-order valence-corrected chi connectivity index (χ0v) is 12.0. The van der Waals surface area contributed by atoms with Crippen LogP contribution >= 0.6 is 0 Å². The van der Waals surface area contributed by atoms with E-state index in [9.17, 15) is 9.59 Å². The maximum absolute atomic E-state index is 12.2. The quantitative estimate of drug-likeness (QED) is 0.819. The Labute approximate surface area is 118 Å². The summed E-state index contributed by atoms with van der Waals surface area (Å²) >= 11 is 0. The van der Waals surface area contributed by atoms with Crippen molar-refractivity contribution in [2.24, 2.45) is 5.92 Å². The molecule has 0 aromatic heterocycles. The zero-order valence-electron chi connectivity index (χ0n) is 12.0. The van der Waals surface area contributed by atoms with Gasteiger partial charge in [0.25, 0.3) is 5.91 Å². The van der Waals surface area contributed by atoms with E-state index in [2.05, 4.69) is 10.6 Å². The normalized spacial score (nSPS) is 14.4. The van der Waals surface area contributed by atoms with E-state index in [-0.39, 0.29) is 11.8 Å². The molecule has 2 N–H and O–H groups in total. The molecular weight excluding hydrogens is 256 g/mol. The lowest BCUT2D eigenvalue weighted by Crippen LogP contribution is -2.45. The molecule has 0 radical (unpaired) electrons. The maximum atomic E-state index is 12.2. The van der Waals surface area contributed by atoms with Crippen LogP contribution in [-0.4, -0.2) is 31.6 Å². The molecule has 108 valence electrons. The number of carbonyl (C=O) groups excluding carboxylic acids is 2. The fraction of sp³-hybridized carbons (Fsp3) is 0.467. The molecule has 1 unspecified atom stereocenters. The van der Waals surface area contributed by atoms with Gasteiger partial charge in [0.1, 0.15) is 6.04 Å². The first kappa shape index (κ1) is 14.4. The summed E-state index contributed by atoms with van der Waals surface area (Å²) < 4.78 is 4.72. The number of esters is 1. The second-order valence-electron chi connectivity index (χ2n) is 5.27. The topological polar surface area (TPSA) is 67.4 Å². The van der Waals surface area contributed by atoms with Crippen LogP contribution in [0.15, 0.2) is 18.2 Å². The van der Waals surface area contributed by atoms with Crippen LogP contribution in [0.3, 0.4) is 0 Å². The summed E-state index contributed by atoms with van der Waals surface area (Å²) in [5.41, 5.74) is 2.76. The fourth-order valence-electron chi connectivity index (χ4n) is 2.28. The minimum absolute atomic E-state index is 0.0287. The Morgan fingerprint density at radius 3 is 2.75 bits per heavy atom. The predicted octanol–water partition coefficient (Wildman–Crippen LogP) is 1.58. The molecule has 0 saturated carbocycles. The van der Waals surface area contributed by atoms with Gasteiger partial charge in [0, 0.05) is 17.8 Å². The van der Waals surface area contributed by atoms with E-state index >= 15 is 0 Å². The number of anilines is 1. The van der Waals surface area contributed by atoms with Crippen LogP contribution in [-0.2, 0) is 16.0 Å².